The standard InChI is InChI=1S/C28H46N2O5S/c1-18-9-11-19(12-10-18)24(31)30(20-13-15-29(16-14-20)26(33)35-28(5,6)7)21-17-22(27(2,3)4)36-23(21)25(32)34-8/h18-20,22H,9-17H2,1-8H3. The van der Waals surface area contributed by atoms with Gasteiger partial charge in [0.1, 0.15) is 10.5 Å². The highest BCUT2D eigenvalue weighted by Gasteiger charge is 2.44. The second-order valence-corrected chi connectivity index (χ2v) is 14.0. The van der Waals surface area contributed by atoms with Gasteiger partial charge in [0.15, 0.2) is 0 Å². The molecule has 1 saturated heterocycles. The van der Waals surface area contributed by atoms with Gasteiger partial charge in [-0.05, 0) is 70.6 Å². The van der Waals surface area contributed by atoms with Crippen molar-refractivity contribution in [3.63, 3.8) is 0 Å². The number of carbonyl (C=O) groups is 3. The lowest BCUT2D eigenvalue weighted by atomic mass is 9.81. The molecule has 0 spiro atoms. The minimum Gasteiger partial charge on any atom is -0.465 e. The second-order valence-electron chi connectivity index (χ2n) is 12.8. The van der Waals surface area contributed by atoms with Crippen molar-refractivity contribution in [3.8, 4) is 0 Å². The predicted molar refractivity (Wildman–Crippen MR) is 143 cm³/mol. The van der Waals surface area contributed by atoms with Gasteiger partial charge in [0.2, 0.25) is 5.91 Å². The molecule has 0 N–H and O–H groups in total. The number of thioether (sulfide) groups is 1. The summed E-state index contributed by atoms with van der Waals surface area (Å²) in [6.07, 6.45) is 5.59. The van der Waals surface area contributed by atoms with Crippen LogP contribution in [0.1, 0.15) is 93.4 Å². The number of carbonyl (C=O) groups excluding carboxylic acids is 3. The highest BCUT2D eigenvalue weighted by molar-refractivity contribution is 8.04. The molecule has 3 aliphatic rings. The average Bonchev–Trinajstić information content (AvgIpc) is 3.24. The molecular formula is C28H46N2O5S. The first-order valence-electron chi connectivity index (χ1n) is 13.5. The maximum atomic E-state index is 14.1. The molecule has 1 atom stereocenters. The van der Waals surface area contributed by atoms with Crippen molar-refractivity contribution < 1.29 is 23.9 Å². The summed E-state index contributed by atoms with van der Waals surface area (Å²) < 4.78 is 10.7. The summed E-state index contributed by atoms with van der Waals surface area (Å²) in [4.78, 5) is 43.9. The van der Waals surface area contributed by atoms with Crippen LogP contribution in [0.15, 0.2) is 10.6 Å². The molecule has 0 aromatic heterocycles. The van der Waals surface area contributed by atoms with Gasteiger partial charge in [-0.15, -0.1) is 11.8 Å². The highest BCUT2D eigenvalue weighted by atomic mass is 32.2. The Morgan fingerprint density at radius 1 is 0.944 bits per heavy atom. The summed E-state index contributed by atoms with van der Waals surface area (Å²) in [6.45, 7) is 15.4. The molecule has 204 valence electrons. The molecule has 2 aliphatic heterocycles. The lowest BCUT2D eigenvalue weighted by Crippen LogP contribution is -2.51. The van der Waals surface area contributed by atoms with Crippen molar-refractivity contribution in [1.82, 2.24) is 9.80 Å². The molecule has 0 radical (unpaired) electrons. The van der Waals surface area contributed by atoms with Gasteiger partial charge in [0, 0.05) is 42.4 Å². The van der Waals surface area contributed by atoms with Gasteiger partial charge in [-0.3, -0.25) is 4.79 Å². The molecular weight excluding hydrogens is 476 g/mol. The monoisotopic (exact) mass is 522 g/mol. The Balaban J connectivity index is 1.88. The van der Waals surface area contributed by atoms with E-state index in [-0.39, 0.29) is 40.6 Å². The fraction of sp³-hybridized carbons (Fsp3) is 0.821. The van der Waals surface area contributed by atoms with Gasteiger partial charge in [0.25, 0.3) is 0 Å². The number of amides is 2. The number of nitrogens with zero attached hydrogens (tertiary/aromatic N) is 2. The van der Waals surface area contributed by atoms with E-state index in [1.54, 1.807) is 16.7 Å². The van der Waals surface area contributed by atoms with E-state index in [0.29, 0.717) is 43.2 Å². The molecule has 0 bridgehead atoms. The zero-order valence-electron chi connectivity index (χ0n) is 23.5. The molecule has 36 heavy (non-hydrogen) atoms. The van der Waals surface area contributed by atoms with Crippen molar-refractivity contribution in [2.45, 2.75) is 110 Å². The van der Waals surface area contributed by atoms with Gasteiger partial charge in [-0.2, -0.15) is 0 Å². The Hall–Kier alpha value is -1.70. The largest absolute Gasteiger partial charge is 0.465 e. The summed E-state index contributed by atoms with van der Waals surface area (Å²) in [7, 11) is 1.41. The average molecular weight is 523 g/mol. The van der Waals surface area contributed by atoms with Gasteiger partial charge in [0.05, 0.1) is 7.11 Å². The smallest absolute Gasteiger partial charge is 0.410 e. The summed E-state index contributed by atoms with van der Waals surface area (Å²) >= 11 is 1.55. The fourth-order valence-corrected chi connectivity index (χ4v) is 6.72. The first-order chi connectivity index (χ1) is 16.7. The zero-order valence-corrected chi connectivity index (χ0v) is 24.3. The van der Waals surface area contributed by atoms with Crippen LogP contribution in [0, 0.1) is 17.3 Å². The number of methoxy groups -OCH3 is 1. The maximum absolute atomic E-state index is 14.1. The van der Waals surface area contributed by atoms with Crippen LogP contribution in [0.2, 0.25) is 0 Å². The van der Waals surface area contributed by atoms with E-state index in [1.807, 2.05) is 25.7 Å². The molecule has 0 aromatic carbocycles. The normalized spacial score (nSPS) is 26.1. The second kappa shape index (κ2) is 11.4. The molecule has 3 rings (SSSR count). The third-order valence-electron chi connectivity index (χ3n) is 7.61. The van der Waals surface area contributed by atoms with E-state index in [9.17, 15) is 14.4 Å². The number of hydrogen-bond acceptors (Lipinski definition) is 6. The number of hydrogen-bond donors (Lipinski definition) is 0. The molecule has 2 fully saturated rings. The van der Waals surface area contributed by atoms with Crippen molar-refractivity contribution in [2.75, 3.05) is 20.2 Å². The lowest BCUT2D eigenvalue weighted by Gasteiger charge is -2.42. The van der Waals surface area contributed by atoms with Crippen LogP contribution in [0.5, 0.6) is 0 Å². The van der Waals surface area contributed by atoms with Crippen LogP contribution >= 0.6 is 11.8 Å². The third kappa shape index (κ3) is 6.99. The van der Waals surface area contributed by atoms with Crippen LogP contribution in [-0.4, -0.2) is 64.9 Å². The van der Waals surface area contributed by atoms with Crippen molar-refractivity contribution in [1.29, 1.82) is 0 Å². The van der Waals surface area contributed by atoms with Crippen LogP contribution in [-0.2, 0) is 19.1 Å². The number of ether oxygens (including phenoxy) is 2. The topological polar surface area (TPSA) is 76.2 Å². The first-order valence-corrected chi connectivity index (χ1v) is 14.4. The highest BCUT2D eigenvalue weighted by Crippen LogP contribution is 2.49. The molecule has 1 saturated carbocycles. The number of piperidine rings is 1. The summed E-state index contributed by atoms with van der Waals surface area (Å²) in [5, 5.41) is 0.185. The fourth-order valence-electron chi connectivity index (χ4n) is 5.34. The van der Waals surface area contributed by atoms with Crippen molar-refractivity contribution in [3.05, 3.63) is 10.6 Å². The number of rotatable bonds is 4. The van der Waals surface area contributed by atoms with E-state index in [0.717, 1.165) is 31.4 Å². The first kappa shape index (κ1) is 28.9. The van der Waals surface area contributed by atoms with Crippen molar-refractivity contribution >= 4 is 29.7 Å². The van der Waals surface area contributed by atoms with Crippen LogP contribution < -0.4 is 0 Å². The summed E-state index contributed by atoms with van der Waals surface area (Å²) in [6, 6.07) is -0.0514. The van der Waals surface area contributed by atoms with Gasteiger partial charge < -0.3 is 19.3 Å². The van der Waals surface area contributed by atoms with E-state index in [1.165, 1.54) is 7.11 Å². The van der Waals surface area contributed by atoms with Crippen LogP contribution in [0.25, 0.3) is 0 Å². The van der Waals surface area contributed by atoms with Crippen LogP contribution in [0.3, 0.4) is 0 Å². The molecule has 1 unspecified atom stereocenters. The summed E-state index contributed by atoms with van der Waals surface area (Å²) in [5.74, 6) is 0.416. The van der Waals surface area contributed by atoms with E-state index >= 15 is 0 Å². The van der Waals surface area contributed by atoms with Gasteiger partial charge >= 0.3 is 12.1 Å². The lowest BCUT2D eigenvalue weighted by molar-refractivity contribution is -0.138. The Labute approximate surface area is 221 Å². The molecule has 2 amide bonds. The van der Waals surface area contributed by atoms with Crippen molar-refractivity contribution in [2.24, 2.45) is 17.3 Å². The van der Waals surface area contributed by atoms with Crippen LogP contribution in [0.4, 0.5) is 4.79 Å². The molecule has 0 aromatic rings. The maximum Gasteiger partial charge on any atom is 0.410 e. The SMILES string of the molecule is COC(=O)C1=C(N(C(=O)C2CCC(C)CC2)C2CCN(C(=O)OC(C)(C)C)CC2)CC(C(C)(C)C)S1. The minimum atomic E-state index is -0.544. The molecule has 8 heteroatoms. The Morgan fingerprint density at radius 2 is 1.53 bits per heavy atom. The summed E-state index contributed by atoms with van der Waals surface area (Å²) in [5.41, 5.74) is 0.254. The zero-order chi connectivity index (χ0) is 26.8. The Bertz CT molecular complexity index is 856. The van der Waals surface area contributed by atoms with E-state index in [2.05, 4.69) is 27.7 Å². The predicted octanol–water partition coefficient (Wildman–Crippen LogP) is 5.98. The van der Waals surface area contributed by atoms with E-state index in [4.69, 9.17) is 9.47 Å². The quantitative estimate of drug-likeness (QED) is 0.423. The van der Waals surface area contributed by atoms with Gasteiger partial charge in [-0.1, -0.05) is 27.7 Å². The van der Waals surface area contributed by atoms with Gasteiger partial charge in [-0.25, -0.2) is 9.59 Å². The Morgan fingerprint density at radius 3 is 2.03 bits per heavy atom. The van der Waals surface area contributed by atoms with E-state index < -0.39 is 5.60 Å². The minimum absolute atomic E-state index is 0.0184. The molecule has 7 nitrogen and oxygen atoms in total. The third-order valence-corrected chi connectivity index (χ3v) is 9.41. The molecule has 2 heterocycles. The number of likely N-dealkylation sites (tertiary alicyclic amines) is 1. The number of esters is 1. The molecule has 1 aliphatic carbocycles. The Kier molecular flexibility index (Phi) is 9.11. The number of allylic oxidation sites excluding steroid dienone is 1.